The summed E-state index contributed by atoms with van der Waals surface area (Å²) in [6.07, 6.45) is 3.96. The van der Waals surface area contributed by atoms with E-state index in [2.05, 4.69) is 23.3 Å². The number of carbonyl (C=O) groups is 1. The first-order valence-electron chi connectivity index (χ1n) is 8.68. The summed E-state index contributed by atoms with van der Waals surface area (Å²) in [5.41, 5.74) is 3.75. The van der Waals surface area contributed by atoms with Crippen LogP contribution in [-0.2, 0) is 6.42 Å². The quantitative estimate of drug-likeness (QED) is 0.502. The van der Waals surface area contributed by atoms with Crippen molar-refractivity contribution in [2.45, 2.75) is 19.8 Å². The fourth-order valence-electron chi connectivity index (χ4n) is 2.72. The second-order valence-electron chi connectivity index (χ2n) is 6.14. The Morgan fingerprint density at radius 1 is 1.11 bits per heavy atom. The molecular weight excluding hydrogens is 342 g/mol. The summed E-state index contributed by atoms with van der Waals surface area (Å²) in [6.45, 7) is 2.13. The van der Waals surface area contributed by atoms with Crippen LogP contribution in [-0.4, -0.2) is 15.8 Å². The van der Waals surface area contributed by atoms with Gasteiger partial charge in [-0.25, -0.2) is 0 Å². The van der Waals surface area contributed by atoms with Crippen molar-refractivity contribution in [3.8, 4) is 11.3 Å². The number of pyridine rings is 1. The summed E-state index contributed by atoms with van der Waals surface area (Å²) >= 11 is 0. The number of nitro groups is 1. The first-order chi connectivity index (χ1) is 13.1. The second-order valence-corrected chi connectivity index (χ2v) is 6.14. The van der Waals surface area contributed by atoms with Crippen molar-refractivity contribution < 1.29 is 9.72 Å². The van der Waals surface area contributed by atoms with E-state index in [0.717, 1.165) is 24.1 Å². The van der Waals surface area contributed by atoms with Gasteiger partial charge < -0.3 is 5.32 Å². The molecule has 1 N–H and O–H groups in total. The standard InChI is InChI=1S/C21H19N3O3/c1-2-4-15-7-12-20(22-14-15)16-8-10-17(11-9-16)21(25)23-18-5-3-6-19(13-18)24(26)27/h3,5-14H,2,4H2,1H3,(H,23,25). The normalized spacial score (nSPS) is 10.4. The van der Waals surface area contributed by atoms with Crippen LogP contribution in [0.3, 0.4) is 0 Å². The van der Waals surface area contributed by atoms with Gasteiger partial charge in [0.15, 0.2) is 0 Å². The minimum Gasteiger partial charge on any atom is -0.322 e. The predicted octanol–water partition coefficient (Wildman–Crippen LogP) is 4.86. The van der Waals surface area contributed by atoms with Gasteiger partial charge in [0.1, 0.15) is 0 Å². The maximum absolute atomic E-state index is 12.4. The van der Waals surface area contributed by atoms with Crippen molar-refractivity contribution in [3.63, 3.8) is 0 Å². The van der Waals surface area contributed by atoms with Crippen molar-refractivity contribution in [2.75, 3.05) is 5.32 Å². The first kappa shape index (κ1) is 18.3. The molecule has 0 spiro atoms. The molecule has 27 heavy (non-hydrogen) atoms. The number of nitro benzene ring substituents is 1. The maximum atomic E-state index is 12.4. The summed E-state index contributed by atoms with van der Waals surface area (Å²) in [5.74, 6) is -0.326. The summed E-state index contributed by atoms with van der Waals surface area (Å²) < 4.78 is 0. The van der Waals surface area contributed by atoms with E-state index in [1.165, 1.54) is 23.8 Å². The van der Waals surface area contributed by atoms with Gasteiger partial charge in [-0.3, -0.25) is 19.9 Å². The SMILES string of the molecule is CCCc1ccc(-c2ccc(C(=O)Nc3cccc([N+](=O)[O-])c3)cc2)nc1. The van der Waals surface area contributed by atoms with Gasteiger partial charge in [0.2, 0.25) is 0 Å². The number of aromatic nitrogens is 1. The van der Waals surface area contributed by atoms with E-state index in [1.807, 2.05) is 24.4 Å². The molecule has 0 bridgehead atoms. The Morgan fingerprint density at radius 3 is 2.52 bits per heavy atom. The van der Waals surface area contributed by atoms with Crippen LogP contribution in [0.2, 0.25) is 0 Å². The number of hydrogen-bond donors (Lipinski definition) is 1. The number of nitrogens with one attached hydrogen (secondary N) is 1. The minimum absolute atomic E-state index is 0.0688. The molecule has 1 amide bonds. The van der Waals surface area contributed by atoms with E-state index in [9.17, 15) is 14.9 Å². The fourth-order valence-corrected chi connectivity index (χ4v) is 2.72. The van der Waals surface area contributed by atoms with E-state index < -0.39 is 4.92 Å². The Hall–Kier alpha value is -3.54. The van der Waals surface area contributed by atoms with Crippen molar-refractivity contribution >= 4 is 17.3 Å². The summed E-state index contributed by atoms with van der Waals surface area (Å²) in [6, 6.07) is 17.0. The summed E-state index contributed by atoms with van der Waals surface area (Å²) in [4.78, 5) is 27.2. The number of hydrogen-bond acceptors (Lipinski definition) is 4. The Bertz CT molecular complexity index is 951. The molecule has 0 aliphatic rings. The second kappa shape index (κ2) is 8.23. The highest BCUT2D eigenvalue weighted by Gasteiger charge is 2.10. The first-order valence-corrected chi connectivity index (χ1v) is 8.68. The minimum atomic E-state index is -0.497. The molecule has 0 saturated heterocycles. The molecule has 0 atom stereocenters. The number of amides is 1. The lowest BCUT2D eigenvalue weighted by atomic mass is 10.1. The lowest BCUT2D eigenvalue weighted by Crippen LogP contribution is -2.11. The molecule has 1 aromatic heterocycles. The van der Waals surface area contributed by atoms with Crippen molar-refractivity contribution in [1.29, 1.82) is 0 Å². The van der Waals surface area contributed by atoms with Gasteiger partial charge in [-0.2, -0.15) is 0 Å². The largest absolute Gasteiger partial charge is 0.322 e. The van der Waals surface area contributed by atoms with Crippen LogP contribution >= 0.6 is 0 Å². The lowest BCUT2D eigenvalue weighted by molar-refractivity contribution is -0.384. The van der Waals surface area contributed by atoms with Crippen molar-refractivity contribution in [2.24, 2.45) is 0 Å². The van der Waals surface area contributed by atoms with Gasteiger partial charge >= 0.3 is 0 Å². The average molecular weight is 361 g/mol. The topological polar surface area (TPSA) is 85.1 Å². The molecule has 2 aromatic carbocycles. The zero-order chi connectivity index (χ0) is 19.2. The lowest BCUT2D eigenvalue weighted by Gasteiger charge is -2.07. The summed E-state index contributed by atoms with van der Waals surface area (Å²) in [7, 11) is 0. The summed E-state index contributed by atoms with van der Waals surface area (Å²) in [5, 5.41) is 13.5. The van der Waals surface area contributed by atoms with Gasteiger partial charge in [-0.15, -0.1) is 0 Å². The van der Waals surface area contributed by atoms with Gasteiger partial charge in [-0.05, 0) is 36.2 Å². The number of non-ortho nitro benzene ring substituents is 1. The van der Waals surface area contributed by atoms with Crippen LogP contribution in [0.25, 0.3) is 11.3 Å². The van der Waals surface area contributed by atoms with Crippen LogP contribution in [0.1, 0.15) is 29.3 Å². The predicted molar refractivity (Wildman–Crippen MR) is 105 cm³/mol. The zero-order valence-electron chi connectivity index (χ0n) is 14.9. The van der Waals surface area contributed by atoms with Crippen LogP contribution in [0.15, 0.2) is 66.9 Å². The molecule has 6 heteroatoms. The van der Waals surface area contributed by atoms with E-state index in [1.54, 1.807) is 18.2 Å². The molecule has 0 aliphatic carbocycles. The van der Waals surface area contributed by atoms with Crippen LogP contribution in [0.5, 0.6) is 0 Å². The van der Waals surface area contributed by atoms with Gasteiger partial charge in [0, 0.05) is 35.1 Å². The third-order valence-corrected chi connectivity index (χ3v) is 4.12. The highest BCUT2D eigenvalue weighted by molar-refractivity contribution is 6.04. The third kappa shape index (κ3) is 4.55. The fraction of sp³-hybridized carbons (Fsp3) is 0.143. The molecular formula is C21H19N3O3. The van der Waals surface area contributed by atoms with Crippen LogP contribution in [0, 0.1) is 10.1 Å². The maximum Gasteiger partial charge on any atom is 0.271 e. The highest BCUT2D eigenvalue weighted by Crippen LogP contribution is 2.20. The van der Waals surface area contributed by atoms with Crippen LogP contribution in [0.4, 0.5) is 11.4 Å². The Morgan fingerprint density at radius 2 is 1.89 bits per heavy atom. The van der Waals surface area contributed by atoms with Gasteiger partial charge in [-0.1, -0.05) is 37.6 Å². The smallest absolute Gasteiger partial charge is 0.271 e. The number of carbonyl (C=O) groups excluding carboxylic acids is 1. The van der Waals surface area contributed by atoms with Crippen molar-refractivity contribution in [1.82, 2.24) is 4.98 Å². The van der Waals surface area contributed by atoms with E-state index in [-0.39, 0.29) is 11.6 Å². The van der Waals surface area contributed by atoms with E-state index in [4.69, 9.17) is 0 Å². The van der Waals surface area contributed by atoms with Crippen LogP contribution < -0.4 is 5.32 Å². The molecule has 0 aliphatic heterocycles. The van der Waals surface area contributed by atoms with Gasteiger partial charge in [0.05, 0.1) is 10.6 Å². The molecule has 3 rings (SSSR count). The molecule has 0 unspecified atom stereocenters. The molecule has 0 fully saturated rings. The molecule has 0 saturated carbocycles. The molecule has 1 heterocycles. The molecule has 136 valence electrons. The van der Waals surface area contributed by atoms with Crippen molar-refractivity contribution in [3.05, 3.63) is 88.1 Å². The Kier molecular flexibility index (Phi) is 5.56. The zero-order valence-corrected chi connectivity index (χ0v) is 14.9. The average Bonchev–Trinajstić information content (AvgIpc) is 2.69. The number of nitrogens with zero attached hydrogens (tertiary/aromatic N) is 2. The highest BCUT2D eigenvalue weighted by atomic mass is 16.6. The Labute approximate surface area is 157 Å². The van der Waals surface area contributed by atoms with E-state index >= 15 is 0 Å². The van der Waals surface area contributed by atoms with Gasteiger partial charge in [0.25, 0.3) is 11.6 Å². The monoisotopic (exact) mass is 361 g/mol. The molecule has 3 aromatic rings. The number of aryl methyl sites for hydroxylation is 1. The Balaban J connectivity index is 1.72. The molecule has 6 nitrogen and oxygen atoms in total. The number of anilines is 1. The van der Waals surface area contributed by atoms with E-state index in [0.29, 0.717) is 11.3 Å². The number of benzene rings is 2. The molecule has 0 radical (unpaired) electrons. The third-order valence-electron chi connectivity index (χ3n) is 4.12. The number of rotatable bonds is 6.